The molecule has 19 heavy (non-hydrogen) atoms. The average Bonchev–Trinajstić information content (AvgIpc) is 2.32. The van der Waals surface area contributed by atoms with Crippen molar-refractivity contribution in [2.75, 3.05) is 0 Å². The molecule has 0 spiro atoms. The Morgan fingerprint density at radius 2 is 1.63 bits per heavy atom. The van der Waals surface area contributed by atoms with Crippen LogP contribution in [0.25, 0.3) is 0 Å². The third-order valence-electron chi connectivity index (χ3n) is 3.62. The molecule has 0 fully saturated rings. The van der Waals surface area contributed by atoms with Crippen molar-refractivity contribution in [3.63, 3.8) is 0 Å². The van der Waals surface area contributed by atoms with E-state index in [1.807, 2.05) is 13.8 Å². The zero-order valence-electron chi connectivity index (χ0n) is 13.1. The lowest BCUT2D eigenvalue weighted by molar-refractivity contribution is 0.455. The smallest absolute Gasteiger partial charge is 0.121 e. The van der Waals surface area contributed by atoms with Crippen molar-refractivity contribution >= 4 is 0 Å². The lowest BCUT2D eigenvalue weighted by Gasteiger charge is -2.15. The molecular weight excluding hydrogens is 234 g/mol. The van der Waals surface area contributed by atoms with E-state index in [9.17, 15) is 5.11 Å². The Morgan fingerprint density at radius 3 is 2.16 bits per heavy atom. The highest BCUT2D eigenvalue weighted by atomic mass is 16.3. The third-order valence-corrected chi connectivity index (χ3v) is 3.62. The Bertz CT molecular complexity index is 375. The maximum absolute atomic E-state index is 9.76. The molecule has 0 aliphatic rings. The van der Waals surface area contributed by atoms with Crippen LogP contribution in [0.3, 0.4) is 0 Å². The first-order chi connectivity index (χ1) is 8.90. The van der Waals surface area contributed by atoms with Crippen molar-refractivity contribution in [2.24, 2.45) is 5.92 Å². The highest BCUT2D eigenvalue weighted by molar-refractivity contribution is 5.42. The Kier molecular flexibility index (Phi) is 6.36. The minimum Gasteiger partial charge on any atom is -0.507 e. The number of nitrogens with one attached hydrogen (secondary N) is 1. The standard InChI is InChI=1S/C17H29NO/c1-12(2)7-6-8-15(5)18-11-16-9-13(3)17(19)14(4)10-16/h9-10,12,15,18-19H,6-8,11H2,1-5H3. The van der Waals surface area contributed by atoms with Crippen LogP contribution >= 0.6 is 0 Å². The predicted molar refractivity (Wildman–Crippen MR) is 82.6 cm³/mol. The van der Waals surface area contributed by atoms with Gasteiger partial charge in [-0.3, -0.25) is 0 Å². The van der Waals surface area contributed by atoms with Gasteiger partial charge in [0, 0.05) is 12.6 Å². The van der Waals surface area contributed by atoms with E-state index < -0.39 is 0 Å². The van der Waals surface area contributed by atoms with Crippen LogP contribution in [0.15, 0.2) is 12.1 Å². The maximum Gasteiger partial charge on any atom is 0.121 e. The van der Waals surface area contributed by atoms with Gasteiger partial charge in [0.1, 0.15) is 5.75 Å². The quantitative estimate of drug-likeness (QED) is 0.768. The molecule has 1 aromatic carbocycles. The van der Waals surface area contributed by atoms with Crippen molar-refractivity contribution in [2.45, 2.75) is 66.5 Å². The van der Waals surface area contributed by atoms with E-state index >= 15 is 0 Å². The summed E-state index contributed by atoms with van der Waals surface area (Å²) in [7, 11) is 0. The number of hydrogen-bond donors (Lipinski definition) is 2. The van der Waals surface area contributed by atoms with Crippen molar-refractivity contribution < 1.29 is 5.11 Å². The molecule has 0 aliphatic heterocycles. The van der Waals surface area contributed by atoms with Crippen molar-refractivity contribution in [3.05, 3.63) is 28.8 Å². The second-order valence-electron chi connectivity index (χ2n) is 6.18. The molecule has 1 rings (SSSR count). The summed E-state index contributed by atoms with van der Waals surface area (Å²) >= 11 is 0. The lowest BCUT2D eigenvalue weighted by atomic mass is 10.0. The first-order valence-electron chi connectivity index (χ1n) is 7.42. The zero-order valence-corrected chi connectivity index (χ0v) is 13.1. The first-order valence-corrected chi connectivity index (χ1v) is 7.42. The number of hydrogen-bond acceptors (Lipinski definition) is 2. The fraction of sp³-hybridized carbons (Fsp3) is 0.647. The van der Waals surface area contributed by atoms with Crippen LogP contribution < -0.4 is 5.32 Å². The van der Waals surface area contributed by atoms with Gasteiger partial charge in [-0.25, -0.2) is 0 Å². The van der Waals surface area contributed by atoms with Gasteiger partial charge in [0.15, 0.2) is 0 Å². The summed E-state index contributed by atoms with van der Waals surface area (Å²) in [6.07, 6.45) is 3.83. The Labute approximate surface area is 118 Å². The van der Waals surface area contributed by atoms with Gasteiger partial charge in [-0.15, -0.1) is 0 Å². The molecule has 0 amide bonds. The van der Waals surface area contributed by atoms with Crippen LogP contribution in [0.5, 0.6) is 5.75 Å². The molecule has 0 bridgehead atoms. The second-order valence-corrected chi connectivity index (χ2v) is 6.18. The zero-order chi connectivity index (χ0) is 14.4. The summed E-state index contributed by atoms with van der Waals surface area (Å²) in [5.41, 5.74) is 3.18. The normalized spacial score (nSPS) is 12.9. The SMILES string of the molecule is Cc1cc(CNC(C)CCCC(C)C)cc(C)c1O. The monoisotopic (exact) mass is 263 g/mol. The van der Waals surface area contributed by atoms with Gasteiger partial charge in [0.25, 0.3) is 0 Å². The van der Waals surface area contributed by atoms with E-state index in [1.54, 1.807) is 0 Å². The second kappa shape index (κ2) is 7.54. The molecule has 2 heteroatoms. The molecule has 0 heterocycles. The molecule has 1 atom stereocenters. The van der Waals surface area contributed by atoms with Crippen LogP contribution in [0, 0.1) is 19.8 Å². The highest BCUT2D eigenvalue weighted by Gasteiger charge is 2.06. The van der Waals surface area contributed by atoms with Crippen molar-refractivity contribution in [1.29, 1.82) is 0 Å². The molecule has 0 aromatic heterocycles. The number of phenolic OH excluding ortho intramolecular Hbond substituents is 1. The largest absolute Gasteiger partial charge is 0.507 e. The van der Waals surface area contributed by atoms with Gasteiger partial charge in [0.05, 0.1) is 0 Å². The molecular formula is C17H29NO. The third kappa shape index (κ3) is 5.65. The minimum absolute atomic E-state index is 0.425. The average molecular weight is 263 g/mol. The van der Waals surface area contributed by atoms with Gasteiger partial charge < -0.3 is 10.4 Å². The van der Waals surface area contributed by atoms with Gasteiger partial charge in [-0.2, -0.15) is 0 Å². The van der Waals surface area contributed by atoms with Crippen LogP contribution in [-0.4, -0.2) is 11.1 Å². The van der Waals surface area contributed by atoms with Gasteiger partial charge in [0.2, 0.25) is 0 Å². The summed E-state index contributed by atoms with van der Waals surface area (Å²) in [6.45, 7) is 11.6. The van der Waals surface area contributed by atoms with Crippen LogP contribution in [0.1, 0.15) is 56.7 Å². The highest BCUT2D eigenvalue weighted by Crippen LogP contribution is 2.22. The number of benzene rings is 1. The summed E-state index contributed by atoms with van der Waals surface area (Å²) in [6, 6.07) is 4.68. The molecule has 1 aromatic rings. The van der Waals surface area contributed by atoms with E-state index in [2.05, 4.69) is 38.2 Å². The summed E-state index contributed by atoms with van der Waals surface area (Å²) in [5, 5.41) is 13.3. The molecule has 2 nitrogen and oxygen atoms in total. The lowest BCUT2D eigenvalue weighted by Crippen LogP contribution is -2.25. The molecule has 108 valence electrons. The predicted octanol–water partition coefficient (Wildman–Crippen LogP) is 4.31. The minimum atomic E-state index is 0.425. The Balaban J connectivity index is 2.40. The first kappa shape index (κ1) is 16.0. The number of aryl methyl sites for hydroxylation is 2. The van der Waals surface area contributed by atoms with Gasteiger partial charge >= 0.3 is 0 Å². The fourth-order valence-electron chi connectivity index (χ4n) is 2.37. The molecule has 0 saturated heterocycles. The molecule has 0 radical (unpaired) electrons. The van der Waals surface area contributed by atoms with E-state index in [1.165, 1.54) is 24.8 Å². The summed E-state index contributed by atoms with van der Waals surface area (Å²) in [4.78, 5) is 0. The topological polar surface area (TPSA) is 32.3 Å². The van der Waals surface area contributed by atoms with E-state index in [-0.39, 0.29) is 0 Å². The van der Waals surface area contributed by atoms with Crippen LogP contribution in [0.2, 0.25) is 0 Å². The van der Waals surface area contributed by atoms with Crippen LogP contribution in [0.4, 0.5) is 0 Å². The Hall–Kier alpha value is -1.02. The van der Waals surface area contributed by atoms with E-state index in [4.69, 9.17) is 0 Å². The number of rotatable bonds is 7. The van der Waals surface area contributed by atoms with E-state index in [0.717, 1.165) is 23.6 Å². The molecule has 1 unspecified atom stereocenters. The number of phenols is 1. The summed E-state index contributed by atoms with van der Waals surface area (Å²) in [5.74, 6) is 1.23. The Morgan fingerprint density at radius 1 is 1.05 bits per heavy atom. The van der Waals surface area contributed by atoms with Crippen molar-refractivity contribution in [3.8, 4) is 5.75 Å². The number of aromatic hydroxyl groups is 1. The molecule has 0 saturated carbocycles. The summed E-state index contributed by atoms with van der Waals surface area (Å²) < 4.78 is 0. The maximum atomic E-state index is 9.76. The van der Waals surface area contributed by atoms with Gasteiger partial charge in [-0.05, 0) is 49.8 Å². The van der Waals surface area contributed by atoms with E-state index in [0.29, 0.717) is 11.8 Å². The van der Waals surface area contributed by atoms with Crippen LogP contribution in [-0.2, 0) is 6.54 Å². The van der Waals surface area contributed by atoms with Crippen molar-refractivity contribution in [1.82, 2.24) is 5.32 Å². The molecule has 2 N–H and O–H groups in total. The fourth-order valence-corrected chi connectivity index (χ4v) is 2.37. The molecule has 0 aliphatic carbocycles. The van der Waals surface area contributed by atoms with Gasteiger partial charge in [-0.1, -0.05) is 38.8 Å².